The van der Waals surface area contributed by atoms with E-state index in [4.69, 9.17) is 10.4 Å². The molecular formula is C14H15N3O3. The van der Waals surface area contributed by atoms with Crippen LogP contribution in [0.5, 0.6) is 0 Å². The van der Waals surface area contributed by atoms with E-state index in [0.29, 0.717) is 31.2 Å². The van der Waals surface area contributed by atoms with Crippen LogP contribution < -0.4 is 5.32 Å². The lowest BCUT2D eigenvalue weighted by Crippen LogP contribution is -2.39. The number of carboxylic acids is 1. The van der Waals surface area contributed by atoms with Crippen molar-refractivity contribution in [3.63, 3.8) is 0 Å². The van der Waals surface area contributed by atoms with E-state index < -0.39 is 5.97 Å². The van der Waals surface area contributed by atoms with Crippen LogP contribution in [0.4, 0.5) is 0 Å². The first-order chi connectivity index (χ1) is 9.60. The fourth-order valence-electron chi connectivity index (χ4n) is 2.34. The van der Waals surface area contributed by atoms with Crippen molar-refractivity contribution < 1.29 is 14.7 Å². The van der Waals surface area contributed by atoms with Crippen molar-refractivity contribution in [3.05, 3.63) is 29.6 Å². The third-order valence-electron chi connectivity index (χ3n) is 3.54. The van der Waals surface area contributed by atoms with Crippen LogP contribution in [-0.2, 0) is 4.79 Å². The molecule has 1 fully saturated rings. The Morgan fingerprint density at radius 2 is 2.00 bits per heavy atom. The Hall–Kier alpha value is -2.42. The van der Waals surface area contributed by atoms with Gasteiger partial charge in [0.05, 0.1) is 11.5 Å². The number of nitrogens with one attached hydrogen (secondary N) is 1. The number of hydrogen-bond donors (Lipinski definition) is 2. The van der Waals surface area contributed by atoms with Gasteiger partial charge in [-0.3, -0.25) is 9.59 Å². The maximum Gasteiger partial charge on any atom is 0.306 e. The molecular weight excluding hydrogens is 258 g/mol. The van der Waals surface area contributed by atoms with Crippen LogP contribution >= 0.6 is 0 Å². The van der Waals surface area contributed by atoms with Crippen molar-refractivity contribution >= 4 is 11.9 Å². The second kappa shape index (κ2) is 6.15. The van der Waals surface area contributed by atoms with Gasteiger partial charge in [-0.15, -0.1) is 0 Å². The third kappa shape index (κ3) is 3.32. The van der Waals surface area contributed by atoms with Gasteiger partial charge in [-0.25, -0.2) is 4.98 Å². The molecule has 1 aromatic heterocycles. The lowest BCUT2D eigenvalue weighted by atomic mass is 9.86. The van der Waals surface area contributed by atoms with E-state index in [1.165, 1.54) is 12.3 Å². The lowest BCUT2D eigenvalue weighted by Gasteiger charge is -2.26. The lowest BCUT2D eigenvalue weighted by molar-refractivity contribution is -0.142. The average molecular weight is 273 g/mol. The van der Waals surface area contributed by atoms with Crippen LogP contribution in [-0.4, -0.2) is 28.0 Å². The highest BCUT2D eigenvalue weighted by Gasteiger charge is 2.26. The maximum atomic E-state index is 12.0. The summed E-state index contributed by atoms with van der Waals surface area (Å²) in [6, 6.07) is 4.99. The SMILES string of the molecule is N#Cc1ccc(C(=O)NC2CCC(C(=O)O)CC2)nc1. The van der Waals surface area contributed by atoms with E-state index in [0.717, 1.165) is 0 Å². The maximum absolute atomic E-state index is 12.0. The number of carbonyl (C=O) groups excluding carboxylic acids is 1. The second-order valence-electron chi connectivity index (χ2n) is 4.90. The smallest absolute Gasteiger partial charge is 0.306 e. The number of rotatable bonds is 3. The number of carbonyl (C=O) groups is 2. The first-order valence-electron chi connectivity index (χ1n) is 6.50. The number of aliphatic carboxylic acids is 1. The summed E-state index contributed by atoms with van der Waals surface area (Å²) in [4.78, 5) is 26.7. The molecule has 6 heteroatoms. The molecule has 0 atom stereocenters. The predicted molar refractivity (Wildman–Crippen MR) is 69.8 cm³/mol. The van der Waals surface area contributed by atoms with E-state index >= 15 is 0 Å². The number of aromatic nitrogens is 1. The van der Waals surface area contributed by atoms with Gasteiger partial charge < -0.3 is 10.4 Å². The van der Waals surface area contributed by atoms with E-state index in [-0.39, 0.29) is 23.6 Å². The van der Waals surface area contributed by atoms with Crippen molar-refractivity contribution in [1.82, 2.24) is 10.3 Å². The van der Waals surface area contributed by atoms with Gasteiger partial charge in [-0.1, -0.05) is 0 Å². The normalized spacial score (nSPS) is 21.8. The molecule has 0 bridgehead atoms. The molecule has 1 amide bonds. The van der Waals surface area contributed by atoms with Crippen LogP contribution in [0.1, 0.15) is 41.7 Å². The Morgan fingerprint density at radius 1 is 1.30 bits per heavy atom. The number of amides is 1. The highest BCUT2D eigenvalue weighted by molar-refractivity contribution is 5.92. The number of nitriles is 1. The van der Waals surface area contributed by atoms with Crippen molar-refractivity contribution in [1.29, 1.82) is 5.26 Å². The fraction of sp³-hybridized carbons (Fsp3) is 0.429. The molecule has 20 heavy (non-hydrogen) atoms. The number of carboxylic acid groups (broad SMARTS) is 1. The largest absolute Gasteiger partial charge is 0.481 e. The molecule has 1 saturated carbocycles. The predicted octanol–water partition coefficient (Wildman–Crippen LogP) is 1.33. The second-order valence-corrected chi connectivity index (χ2v) is 4.90. The van der Waals surface area contributed by atoms with Crippen molar-refractivity contribution in [2.24, 2.45) is 5.92 Å². The molecule has 1 heterocycles. The molecule has 2 N–H and O–H groups in total. The quantitative estimate of drug-likeness (QED) is 0.864. The van der Waals surface area contributed by atoms with Crippen molar-refractivity contribution in [3.8, 4) is 6.07 Å². The van der Waals surface area contributed by atoms with Crippen LogP contribution in [0, 0.1) is 17.2 Å². The Kier molecular flexibility index (Phi) is 4.31. The third-order valence-corrected chi connectivity index (χ3v) is 3.54. The van der Waals surface area contributed by atoms with Gasteiger partial charge >= 0.3 is 5.97 Å². The van der Waals surface area contributed by atoms with Crippen LogP contribution in [0.3, 0.4) is 0 Å². The van der Waals surface area contributed by atoms with E-state index in [2.05, 4.69) is 10.3 Å². The van der Waals surface area contributed by atoms with E-state index in [1.807, 2.05) is 6.07 Å². The molecule has 0 aliphatic heterocycles. The van der Waals surface area contributed by atoms with Gasteiger partial charge in [-0.2, -0.15) is 5.26 Å². The van der Waals surface area contributed by atoms with Gasteiger partial charge in [0.2, 0.25) is 0 Å². The summed E-state index contributed by atoms with van der Waals surface area (Å²) in [6.45, 7) is 0. The summed E-state index contributed by atoms with van der Waals surface area (Å²) in [5.41, 5.74) is 0.674. The summed E-state index contributed by atoms with van der Waals surface area (Å²) >= 11 is 0. The molecule has 0 saturated heterocycles. The minimum Gasteiger partial charge on any atom is -0.481 e. The number of pyridine rings is 1. The molecule has 0 spiro atoms. The zero-order valence-corrected chi connectivity index (χ0v) is 10.9. The van der Waals surface area contributed by atoms with Gasteiger partial charge in [0.25, 0.3) is 5.91 Å². The summed E-state index contributed by atoms with van der Waals surface area (Å²) in [5, 5.41) is 20.4. The molecule has 0 unspecified atom stereocenters. The summed E-state index contributed by atoms with van der Waals surface area (Å²) in [7, 11) is 0. The molecule has 2 rings (SSSR count). The average Bonchev–Trinajstić information content (AvgIpc) is 2.48. The van der Waals surface area contributed by atoms with Crippen LogP contribution in [0.2, 0.25) is 0 Å². The topological polar surface area (TPSA) is 103 Å². The van der Waals surface area contributed by atoms with Crippen LogP contribution in [0.25, 0.3) is 0 Å². The van der Waals surface area contributed by atoms with Crippen molar-refractivity contribution in [2.75, 3.05) is 0 Å². The van der Waals surface area contributed by atoms with Gasteiger partial charge in [-0.05, 0) is 37.8 Å². The summed E-state index contributed by atoms with van der Waals surface area (Å²) in [6.07, 6.45) is 3.86. The first-order valence-corrected chi connectivity index (χ1v) is 6.50. The molecule has 1 aromatic rings. The Bertz CT molecular complexity index is 540. The van der Waals surface area contributed by atoms with E-state index in [1.54, 1.807) is 6.07 Å². The van der Waals surface area contributed by atoms with Gasteiger partial charge in [0.1, 0.15) is 11.8 Å². The highest BCUT2D eigenvalue weighted by atomic mass is 16.4. The zero-order valence-electron chi connectivity index (χ0n) is 10.9. The summed E-state index contributed by atoms with van der Waals surface area (Å²) in [5.74, 6) is -1.34. The number of hydrogen-bond acceptors (Lipinski definition) is 4. The molecule has 104 valence electrons. The Balaban J connectivity index is 1.89. The minimum absolute atomic E-state index is 0.00413. The standard InChI is InChI=1S/C14H15N3O3/c15-7-9-1-6-12(16-8-9)13(18)17-11-4-2-10(3-5-11)14(19)20/h1,6,8,10-11H,2-5H2,(H,17,18)(H,19,20). The van der Waals surface area contributed by atoms with Gasteiger partial charge in [0.15, 0.2) is 0 Å². The van der Waals surface area contributed by atoms with Gasteiger partial charge in [0, 0.05) is 12.2 Å². The minimum atomic E-state index is -0.761. The summed E-state index contributed by atoms with van der Waals surface area (Å²) < 4.78 is 0. The molecule has 0 radical (unpaired) electrons. The van der Waals surface area contributed by atoms with E-state index in [9.17, 15) is 9.59 Å². The van der Waals surface area contributed by atoms with Crippen LogP contribution in [0.15, 0.2) is 18.3 Å². The fourth-order valence-corrected chi connectivity index (χ4v) is 2.34. The first kappa shape index (κ1) is 14.0. The molecule has 6 nitrogen and oxygen atoms in total. The highest BCUT2D eigenvalue weighted by Crippen LogP contribution is 2.24. The molecule has 1 aliphatic carbocycles. The molecule has 0 aromatic carbocycles. The Morgan fingerprint density at radius 3 is 2.50 bits per heavy atom. The van der Waals surface area contributed by atoms with Crippen molar-refractivity contribution in [2.45, 2.75) is 31.7 Å². The zero-order chi connectivity index (χ0) is 14.5. The number of nitrogens with zero attached hydrogens (tertiary/aromatic N) is 2. The Labute approximate surface area is 116 Å². The molecule has 1 aliphatic rings. The monoisotopic (exact) mass is 273 g/mol.